The van der Waals surface area contributed by atoms with Crippen LogP contribution in [-0.2, 0) is 14.3 Å². The van der Waals surface area contributed by atoms with Crippen LogP contribution in [0.2, 0.25) is 0 Å². The second-order valence-corrected chi connectivity index (χ2v) is 4.46. The van der Waals surface area contributed by atoms with Crippen molar-refractivity contribution in [3.8, 4) is 0 Å². The van der Waals surface area contributed by atoms with E-state index in [1.165, 1.54) is 6.92 Å². The molecule has 4 heteroatoms. The average molecular weight is 188 g/mol. The number of rotatable bonds is 1. The number of carbonyl (C=O) groups excluding carboxylic acids is 1. The molecule has 3 rings (SSSR count). The van der Waals surface area contributed by atoms with Crippen LogP contribution in [0.3, 0.4) is 0 Å². The Labute approximate surface area is 75.8 Å². The molecule has 0 aromatic carbocycles. The SMILES string of the molecule is CC(=O)OC1O[C@H]2CC[C@@H]1SC2. The van der Waals surface area contributed by atoms with Crippen LogP contribution in [0.4, 0.5) is 0 Å². The minimum absolute atomic E-state index is 0.242. The van der Waals surface area contributed by atoms with Crippen molar-refractivity contribution in [3.05, 3.63) is 0 Å². The van der Waals surface area contributed by atoms with Crippen LogP contribution >= 0.6 is 11.8 Å². The first-order valence-corrected chi connectivity index (χ1v) is 5.25. The van der Waals surface area contributed by atoms with Crippen LogP contribution < -0.4 is 0 Å². The first kappa shape index (κ1) is 8.38. The van der Waals surface area contributed by atoms with Crippen LogP contribution in [0, 0.1) is 0 Å². The first-order valence-electron chi connectivity index (χ1n) is 4.20. The van der Waals surface area contributed by atoms with E-state index in [1.807, 2.05) is 11.8 Å². The molecule has 2 bridgehead atoms. The molecule has 0 aromatic heterocycles. The molecule has 68 valence electrons. The maximum absolute atomic E-state index is 10.7. The van der Waals surface area contributed by atoms with Gasteiger partial charge < -0.3 is 9.47 Å². The topological polar surface area (TPSA) is 35.5 Å². The third-order valence-electron chi connectivity index (χ3n) is 2.18. The number of hydrogen-bond donors (Lipinski definition) is 0. The molecule has 3 saturated heterocycles. The molecule has 3 heterocycles. The van der Waals surface area contributed by atoms with Gasteiger partial charge in [-0.1, -0.05) is 0 Å². The Morgan fingerprint density at radius 2 is 2.42 bits per heavy atom. The molecule has 1 unspecified atom stereocenters. The van der Waals surface area contributed by atoms with E-state index >= 15 is 0 Å². The van der Waals surface area contributed by atoms with Gasteiger partial charge in [-0.15, -0.1) is 11.8 Å². The summed E-state index contributed by atoms with van der Waals surface area (Å²) in [5.41, 5.74) is 0. The van der Waals surface area contributed by atoms with Gasteiger partial charge in [-0.25, -0.2) is 0 Å². The second-order valence-electron chi connectivity index (χ2n) is 3.19. The Morgan fingerprint density at radius 1 is 1.58 bits per heavy atom. The van der Waals surface area contributed by atoms with Crippen LogP contribution in [-0.4, -0.2) is 29.4 Å². The molecule has 3 aliphatic heterocycles. The van der Waals surface area contributed by atoms with Crippen molar-refractivity contribution >= 4 is 17.7 Å². The number of thioether (sulfide) groups is 1. The van der Waals surface area contributed by atoms with Crippen LogP contribution in [0.1, 0.15) is 19.8 Å². The van der Waals surface area contributed by atoms with Gasteiger partial charge in [0.25, 0.3) is 0 Å². The van der Waals surface area contributed by atoms with E-state index in [9.17, 15) is 4.79 Å². The van der Waals surface area contributed by atoms with Crippen molar-refractivity contribution in [1.29, 1.82) is 0 Å². The van der Waals surface area contributed by atoms with Gasteiger partial charge in [0.1, 0.15) is 0 Å². The fourth-order valence-electron chi connectivity index (χ4n) is 1.61. The third kappa shape index (κ3) is 1.59. The maximum Gasteiger partial charge on any atom is 0.304 e. The van der Waals surface area contributed by atoms with Crippen molar-refractivity contribution in [2.45, 2.75) is 37.4 Å². The first-order chi connectivity index (χ1) is 5.75. The van der Waals surface area contributed by atoms with Crippen LogP contribution in [0.5, 0.6) is 0 Å². The third-order valence-corrected chi connectivity index (χ3v) is 3.63. The highest BCUT2D eigenvalue weighted by molar-refractivity contribution is 8.00. The fraction of sp³-hybridized carbons (Fsp3) is 0.875. The summed E-state index contributed by atoms with van der Waals surface area (Å²) in [6.45, 7) is 1.43. The summed E-state index contributed by atoms with van der Waals surface area (Å²) in [5, 5.41) is 0.374. The molecule has 0 spiro atoms. The summed E-state index contributed by atoms with van der Waals surface area (Å²) < 4.78 is 10.6. The van der Waals surface area contributed by atoms with Crippen molar-refractivity contribution in [3.63, 3.8) is 0 Å². The molecule has 3 nitrogen and oxygen atoms in total. The van der Waals surface area contributed by atoms with E-state index < -0.39 is 0 Å². The molecule has 0 saturated carbocycles. The molecular weight excluding hydrogens is 176 g/mol. The second kappa shape index (κ2) is 3.26. The maximum atomic E-state index is 10.7. The molecule has 0 aliphatic carbocycles. The van der Waals surface area contributed by atoms with Crippen molar-refractivity contribution in [1.82, 2.24) is 0 Å². The lowest BCUT2D eigenvalue weighted by Gasteiger charge is -2.40. The minimum atomic E-state index is -0.278. The average Bonchev–Trinajstić information content (AvgIpc) is 2.05. The molecule has 3 fully saturated rings. The normalized spacial score (nSPS) is 39.6. The number of esters is 1. The molecule has 0 N–H and O–H groups in total. The number of ether oxygens (including phenoxy) is 2. The predicted octanol–water partition coefficient (Wildman–Crippen LogP) is 1.17. The van der Waals surface area contributed by atoms with Gasteiger partial charge in [0.05, 0.1) is 11.4 Å². The highest BCUT2D eigenvalue weighted by Crippen LogP contribution is 2.37. The van der Waals surface area contributed by atoms with Gasteiger partial charge in [-0.2, -0.15) is 0 Å². The summed E-state index contributed by atoms with van der Waals surface area (Å²) in [7, 11) is 0. The van der Waals surface area contributed by atoms with Gasteiger partial charge in [-0.05, 0) is 12.8 Å². The van der Waals surface area contributed by atoms with Gasteiger partial charge in [-0.3, -0.25) is 4.79 Å². The highest BCUT2D eigenvalue weighted by atomic mass is 32.2. The predicted molar refractivity (Wildman–Crippen MR) is 45.9 cm³/mol. The molecule has 3 aliphatic rings. The molecule has 12 heavy (non-hydrogen) atoms. The Balaban J connectivity index is 1.95. The number of fused-ring (bicyclic) bond motifs is 3. The van der Waals surface area contributed by atoms with E-state index in [1.54, 1.807) is 0 Å². The summed E-state index contributed by atoms with van der Waals surface area (Å²) in [6.07, 6.45) is 2.27. The monoisotopic (exact) mass is 188 g/mol. The van der Waals surface area contributed by atoms with E-state index in [4.69, 9.17) is 9.47 Å². The van der Waals surface area contributed by atoms with E-state index in [0.717, 1.165) is 18.6 Å². The van der Waals surface area contributed by atoms with Crippen molar-refractivity contribution < 1.29 is 14.3 Å². The summed E-state index contributed by atoms with van der Waals surface area (Å²) in [4.78, 5) is 10.7. The molecule has 3 atom stereocenters. The summed E-state index contributed by atoms with van der Waals surface area (Å²) in [5.74, 6) is 0.816. The Kier molecular flexibility index (Phi) is 2.28. The van der Waals surface area contributed by atoms with Gasteiger partial charge in [0.15, 0.2) is 0 Å². The lowest BCUT2D eigenvalue weighted by molar-refractivity contribution is -0.197. The number of hydrogen-bond acceptors (Lipinski definition) is 4. The minimum Gasteiger partial charge on any atom is -0.435 e. The Hall–Kier alpha value is -0.220. The zero-order valence-electron chi connectivity index (χ0n) is 6.99. The summed E-state index contributed by atoms with van der Waals surface area (Å²) >= 11 is 1.86. The van der Waals surface area contributed by atoms with E-state index in [-0.39, 0.29) is 12.3 Å². The largest absolute Gasteiger partial charge is 0.435 e. The zero-order valence-corrected chi connectivity index (χ0v) is 7.80. The lowest BCUT2D eigenvalue weighted by Crippen LogP contribution is -2.45. The zero-order chi connectivity index (χ0) is 8.55. The van der Waals surface area contributed by atoms with Gasteiger partial charge in [0, 0.05) is 12.7 Å². The Morgan fingerprint density at radius 3 is 2.83 bits per heavy atom. The molecule has 0 amide bonds. The van der Waals surface area contributed by atoms with Gasteiger partial charge >= 0.3 is 5.97 Å². The van der Waals surface area contributed by atoms with Crippen LogP contribution in [0.25, 0.3) is 0 Å². The van der Waals surface area contributed by atoms with Gasteiger partial charge in [0.2, 0.25) is 6.29 Å². The molecule has 0 radical (unpaired) electrons. The number of carbonyl (C=O) groups is 1. The fourth-order valence-corrected chi connectivity index (χ4v) is 2.90. The van der Waals surface area contributed by atoms with E-state index in [2.05, 4.69) is 0 Å². The van der Waals surface area contributed by atoms with Crippen molar-refractivity contribution in [2.24, 2.45) is 0 Å². The standard InChI is InChI=1S/C8H12O3S/c1-5(9)10-8-7-3-2-6(11-8)4-12-7/h6-8H,2-4H2,1H3/t6-,7-,8?/m0/s1. The quantitative estimate of drug-likeness (QED) is 0.579. The smallest absolute Gasteiger partial charge is 0.304 e. The van der Waals surface area contributed by atoms with E-state index in [0.29, 0.717) is 11.4 Å². The van der Waals surface area contributed by atoms with Crippen LogP contribution in [0.15, 0.2) is 0 Å². The highest BCUT2D eigenvalue weighted by Gasteiger charge is 2.38. The molecular formula is C8H12O3S. The Bertz CT molecular complexity index is 187. The molecule has 0 aromatic rings. The summed E-state index contributed by atoms with van der Waals surface area (Å²) in [6, 6.07) is 0. The lowest BCUT2D eigenvalue weighted by atomic mass is 10.1. The van der Waals surface area contributed by atoms with Crippen molar-refractivity contribution in [2.75, 3.05) is 5.75 Å².